The van der Waals surface area contributed by atoms with Gasteiger partial charge in [0, 0.05) is 17.6 Å². The summed E-state index contributed by atoms with van der Waals surface area (Å²) in [5.74, 6) is 0. The SMILES string of the molecule is CC1C(CCN)S(=O)(=O)c2cccc(Br)c2N1C. The quantitative estimate of drug-likeness (QED) is 0.896. The van der Waals surface area contributed by atoms with E-state index in [1.54, 1.807) is 12.1 Å². The summed E-state index contributed by atoms with van der Waals surface area (Å²) in [6, 6.07) is 5.20. The summed E-state index contributed by atoms with van der Waals surface area (Å²) >= 11 is 3.43. The van der Waals surface area contributed by atoms with Crippen molar-refractivity contribution >= 4 is 31.5 Å². The number of nitrogens with zero attached hydrogens (tertiary/aromatic N) is 1. The van der Waals surface area contributed by atoms with Gasteiger partial charge in [0.15, 0.2) is 9.84 Å². The van der Waals surface area contributed by atoms with E-state index in [1.165, 1.54) is 0 Å². The van der Waals surface area contributed by atoms with E-state index >= 15 is 0 Å². The lowest BCUT2D eigenvalue weighted by molar-refractivity contribution is 0.523. The topological polar surface area (TPSA) is 63.4 Å². The normalized spacial score (nSPS) is 25.9. The highest BCUT2D eigenvalue weighted by Gasteiger charge is 2.41. The van der Waals surface area contributed by atoms with Crippen LogP contribution in [0.15, 0.2) is 27.6 Å². The number of sulfone groups is 1. The molecule has 0 aliphatic carbocycles. The number of rotatable bonds is 2. The van der Waals surface area contributed by atoms with Gasteiger partial charge in [0.2, 0.25) is 0 Å². The predicted octanol–water partition coefficient (Wildman–Crippen LogP) is 1.78. The summed E-state index contributed by atoms with van der Waals surface area (Å²) < 4.78 is 26.0. The number of hydrogen-bond donors (Lipinski definition) is 1. The molecule has 0 saturated heterocycles. The standard InChI is InChI=1S/C12H17BrN2O2S/c1-8-10(6-7-14)18(16,17)11-5-3-4-9(13)12(11)15(8)2/h3-5,8,10H,6-7,14H2,1-2H3. The summed E-state index contributed by atoms with van der Waals surface area (Å²) in [6.07, 6.45) is 0.486. The van der Waals surface area contributed by atoms with Gasteiger partial charge in [-0.15, -0.1) is 0 Å². The summed E-state index contributed by atoms with van der Waals surface area (Å²) in [7, 11) is -1.38. The molecule has 0 spiro atoms. The van der Waals surface area contributed by atoms with Gasteiger partial charge in [0.05, 0.1) is 15.8 Å². The fourth-order valence-electron chi connectivity index (χ4n) is 2.50. The van der Waals surface area contributed by atoms with E-state index in [0.29, 0.717) is 17.9 Å². The largest absolute Gasteiger partial charge is 0.369 e. The Morgan fingerprint density at radius 1 is 1.44 bits per heavy atom. The molecular formula is C12H17BrN2O2S. The van der Waals surface area contributed by atoms with Gasteiger partial charge in [-0.3, -0.25) is 0 Å². The van der Waals surface area contributed by atoms with E-state index in [-0.39, 0.29) is 6.04 Å². The summed E-state index contributed by atoms with van der Waals surface area (Å²) in [5, 5.41) is -0.436. The first-order valence-corrected chi connectivity index (χ1v) is 8.20. The molecule has 4 nitrogen and oxygen atoms in total. The number of fused-ring (bicyclic) bond motifs is 1. The Hall–Kier alpha value is -0.590. The average molecular weight is 333 g/mol. The lowest BCUT2D eigenvalue weighted by Crippen LogP contribution is -2.48. The van der Waals surface area contributed by atoms with Crippen LogP contribution in [0.2, 0.25) is 0 Å². The van der Waals surface area contributed by atoms with E-state index in [2.05, 4.69) is 15.9 Å². The molecule has 6 heteroatoms. The molecule has 18 heavy (non-hydrogen) atoms. The van der Waals surface area contributed by atoms with E-state index in [4.69, 9.17) is 5.73 Å². The number of benzene rings is 1. The second-order valence-corrected chi connectivity index (χ2v) is 7.59. The van der Waals surface area contributed by atoms with Crippen LogP contribution in [0.5, 0.6) is 0 Å². The van der Waals surface area contributed by atoms with E-state index in [1.807, 2.05) is 24.9 Å². The van der Waals surface area contributed by atoms with Crippen molar-refractivity contribution in [2.45, 2.75) is 29.5 Å². The number of hydrogen-bond acceptors (Lipinski definition) is 4. The number of para-hydroxylation sites is 1. The van der Waals surface area contributed by atoms with Crippen LogP contribution in [0.1, 0.15) is 13.3 Å². The second kappa shape index (κ2) is 4.83. The lowest BCUT2D eigenvalue weighted by atomic mass is 10.1. The van der Waals surface area contributed by atoms with Gasteiger partial charge in [-0.1, -0.05) is 6.07 Å². The highest BCUT2D eigenvalue weighted by molar-refractivity contribution is 9.10. The van der Waals surface area contributed by atoms with Crippen molar-refractivity contribution in [1.82, 2.24) is 0 Å². The van der Waals surface area contributed by atoms with Crippen molar-refractivity contribution in [3.05, 3.63) is 22.7 Å². The van der Waals surface area contributed by atoms with Crippen molar-refractivity contribution in [1.29, 1.82) is 0 Å². The molecule has 0 radical (unpaired) electrons. The molecule has 2 unspecified atom stereocenters. The fourth-order valence-corrected chi connectivity index (χ4v) is 5.55. The molecule has 0 bridgehead atoms. The molecule has 0 aromatic heterocycles. The Morgan fingerprint density at radius 3 is 2.72 bits per heavy atom. The third-order valence-electron chi connectivity index (χ3n) is 3.61. The third kappa shape index (κ3) is 1.96. The Balaban J connectivity index is 2.66. The molecule has 1 aromatic carbocycles. The molecule has 2 rings (SSSR count). The van der Waals surface area contributed by atoms with Crippen LogP contribution in [0, 0.1) is 0 Å². The van der Waals surface area contributed by atoms with Gasteiger partial charge in [-0.05, 0) is 48.0 Å². The molecule has 100 valence electrons. The van der Waals surface area contributed by atoms with Crippen LogP contribution >= 0.6 is 15.9 Å². The molecule has 2 N–H and O–H groups in total. The first-order valence-electron chi connectivity index (χ1n) is 5.86. The molecule has 1 aromatic rings. The van der Waals surface area contributed by atoms with Crippen molar-refractivity contribution in [2.24, 2.45) is 5.73 Å². The van der Waals surface area contributed by atoms with Gasteiger partial charge in [0.1, 0.15) is 0 Å². The highest BCUT2D eigenvalue weighted by Crippen LogP contribution is 2.41. The molecule has 0 amide bonds. The smallest absolute Gasteiger partial charge is 0.185 e. The molecule has 1 aliphatic rings. The minimum atomic E-state index is -3.30. The Labute approximate surface area is 116 Å². The third-order valence-corrected chi connectivity index (χ3v) is 6.62. The van der Waals surface area contributed by atoms with Gasteiger partial charge in [-0.2, -0.15) is 0 Å². The van der Waals surface area contributed by atoms with Crippen LogP contribution < -0.4 is 10.6 Å². The van der Waals surface area contributed by atoms with Crippen LogP contribution in [0.4, 0.5) is 5.69 Å². The molecule has 1 heterocycles. The summed E-state index contributed by atoms with van der Waals surface area (Å²) in [5.41, 5.74) is 6.29. The second-order valence-electron chi connectivity index (χ2n) is 4.60. The molecule has 0 saturated carbocycles. The zero-order valence-corrected chi connectivity index (χ0v) is 12.8. The first-order chi connectivity index (χ1) is 8.41. The zero-order valence-electron chi connectivity index (χ0n) is 10.4. The van der Waals surface area contributed by atoms with Crippen LogP contribution in [-0.4, -0.2) is 33.3 Å². The maximum atomic E-state index is 12.6. The minimum absolute atomic E-state index is 0.0789. The number of nitrogens with two attached hydrogens (primary N) is 1. The fraction of sp³-hybridized carbons (Fsp3) is 0.500. The summed E-state index contributed by atoms with van der Waals surface area (Å²) in [4.78, 5) is 2.41. The Morgan fingerprint density at radius 2 is 2.11 bits per heavy atom. The molecule has 0 fully saturated rings. The molecule has 2 atom stereocenters. The predicted molar refractivity (Wildman–Crippen MR) is 76.7 cm³/mol. The zero-order chi connectivity index (χ0) is 13.5. The van der Waals surface area contributed by atoms with Crippen molar-refractivity contribution in [2.75, 3.05) is 18.5 Å². The van der Waals surface area contributed by atoms with Crippen LogP contribution in [-0.2, 0) is 9.84 Å². The van der Waals surface area contributed by atoms with Crippen molar-refractivity contribution < 1.29 is 8.42 Å². The van der Waals surface area contributed by atoms with E-state index in [9.17, 15) is 8.42 Å². The number of anilines is 1. The van der Waals surface area contributed by atoms with Gasteiger partial charge >= 0.3 is 0 Å². The first kappa shape index (κ1) is 13.8. The number of halogens is 1. The van der Waals surface area contributed by atoms with Crippen LogP contribution in [0.3, 0.4) is 0 Å². The maximum absolute atomic E-state index is 12.6. The monoisotopic (exact) mass is 332 g/mol. The van der Waals surface area contributed by atoms with E-state index < -0.39 is 15.1 Å². The van der Waals surface area contributed by atoms with Crippen molar-refractivity contribution in [3.8, 4) is 0 Å². The van der Waals surface area contributed by atoms with Gasteiger partial charge in [-0.25, -0.2) is 8.42 Å². The maximum Gasteiger partial charge on any atom is 0.185 e. The average Bonchev–Trinajstić information content (AvgIpc) is 2.32. The highest BCUT2D eigenvalue weighted by atomic mass is 79.9. The molecule has 1 aliphatic heterocycles. The minimum Gasteiger partial charge on any atom is -0.369 e. The summed E-state index contributed by atoms with van der Waals surface area (Å²) in [6.45, 7) is 2.31. The van der Waals surface area contributed by atoms with Gasteiger partial charge < -0.3 is 10.6 Å². The van der Waals surface area contributed by atoms with Crippen molar-refractivity contribution in [3.63, 3.8) is 0 Å². The van der Waals surface area contributed by atoms with E-state index in [0.717, 1.165) is 10.2 Å². The Kier molecular flexibility index (Phi) is 3.71. The van der Waals surface area contributed by atoms with Crippen LogP contribution in [0.25, 0.3) is 0 Å². The van der Waals surface area contributed by atoms with Gasteiger partial charge in [0.25, 0.3) is 0 Å². The Bertz CT molecular complexity index is 559. The molecular weight excluding hydrogens is 316 g/mol. The lowest BCUT2D eigenvalue weighted by Gasteiger charge is -2.39.